The summed E-state index contributed by atoms with van der Waals surface area (Å²) >= 11 is 6.03. The van der Waals surface area contributed by atoms with Crippen molar-refractivity contribution >= 4 is 23.2 Å². The van der Waals surface area contributed by atoms with E-state index in [0.29, 0.717) is 16.5 Å². The van der Waals surface area contributed by atoms with Crippen molar-refractivity contribution in [3.63, 3.8) is 0 Å². The predicted molar refractivity (Wildman–Crippen MR) is 84.5 cm³/mol. The van der Waals surface area contributed by atoms with Crippen LogP contribution >= 0.6 is 11.6 Å². The molecule has 0 bridgehead atoms. The van der Waals surface area contributed by atoms with Crippen LogP contribution < -0.4 is 10.6 Å². The first-order valence-electron chi connectivity index (χ1n) is 7.30. The second-order valence-corrected chi connectivity index (χ2v) is 6.50. The molecule has 110 valence electrons. The molecule has 3 nitrogen and oxygen atoms in total. The van der Waals surface area contributed by atoms with Gasteiger partial charge in [0.25, 0.3) is 5.91 Å². The van der Waals surface area contributed by atoms with E-state index in [0.717, 1.165) is 18.7 Å². The number of amides is 1. The highest BCUT2D eigenvalue weighted by atomic mass is 35.5. The molecule has 0 radical (unpaired) electrons. The van der Waals surface area contributed by atoms with Gasteiger partial charge in [-0.05, 0) is 57.2 Å². The topological polar surface area (TPSA) is 41.1 Å². The van der Waals surface area contributed by atoms with Gasteiger partial charge < -0.3 is 10.6 Å². The van der Waals surface area contributed by atoms with Crippen LogP contribution in [-0.4, -0.2) is 18.0 Å². The van der Waals surface area contributed by atoms with Crippen molar-refractivity contribution < 1.29 is 4.79 Å². The van der Waals surface area contributed by atoms with Gasteiger partial charge in [-0.15, -0.1) is 0 Å². The maximum Gasteiger partial charge on any atom is 0.253 e. The maximum atomic E-state index is 12.5. The molecule has 1 amide bonds. The largest absolute Gasteiger partial charge is 0.384 e. The number of rotatable bonds is 6. The fraction of sp³-hybridized carbons (Fsp3) is 0.562. The van der Waals surface area contributed by atoms with Crippen LogP contribution in [0.25, 0.3) is 0 Å². The number of halogens is 1. The van der Waals surface area contributed by atoms with Gasteiger partial charge in [-0.3, -0.25) is 4.79 Å². The minimum Gasteiger partial charge on any atom is -0.384 e. The molecule has 1 aliphatic carbocycles. The van der Waals surface area contributed by atoms with E-state index in [-0.39, 0.29) is 11.4 Å². The van der Waals surface area contributed by atoms with E-state index in [1.54, 1.807) is 6.07 Å². The van der Waals surface area contributed by atoms with E-state index in [9.17, 15) is 4.79 Å². The van der Waals surface area contributed by atoms with Crippen LogP contribution in [0.5, 0.6) is 0 Å². The number of hydrogen-bond donors (Lipinski definition) is 2. The average Bonchev–Trinajstić information content (AvgIpc) is 3.21. The van der Waals surface area contributed by atoms with Crippen molar-refractivity contribution in [1.29, 1.82) is 0 Å². The second kappa shape index (κ2) is 6.04. The van der Waals surface area contributed by atoms with E-state index in [4.69, 9.17) is 11.6 Å². The van der Waals surface area contributed by atoms with Crippen molar-refractivity contribution in [3.05, 3.63) is 28.8 Å². The summed E-state index contributed by atoms with van der Waals surface area (Å²) < 4.78 is 0. The van der Waals surface area contributed by atoms with Gasteiger partial charge in [-0.25, -0.2) is 0 Å². The number of hydrogen-bond acceptors (Lipinski definition) is 2. The first kappa shape index (κ1) is 15.2. The molecule has 0 spiro atoms. The molecule has 0 heterocycles. The number of carbonyl (C=O) groups excluding carboxylic acids is 1. The highest BCUT2D eigenvalue weighted by molar-refractivity contribution is 6.31. The lowest BCUT2D eigenvalue weighted by atomic mass is 9.98. The molecule has 1 aromatic carbocycles. The van der Waals surface area contributed by atoms with Crippen molar-refractivity contribution in [2.75, 3.05) is 11.9 Å². The van der Waals surface area contributed by atoms with Crippen LogP contribution in [0.3, 0.4) is 0 Å². The molecule has 1 aliphatic rings. The smallest absolute Gasteiger partial charge is 0.253 e. The fourth-order valence-electron chi connectivity index (χ4n) is 2.39. The van der Waals surface area contributed by atoms with Gasteiger partial charge in [0, 0.05) is 22.8 Å². The van der Waals surface area contributed by atoms with Crippen molar-refractivity contribution in [2.24, 2.45) is 5.92 Å². The Bertz CT molecular complexity index is 495. The van der Waals surface area contributed by atoms with Crippen LogP contribution in [0.1, 0.15) is 50.4 Å². The summed E-state index contributed by atoms with van der Waals surface area (Å²) in [5.41, 5.74) is 1.32. The summed E-state index contributed by atoms with van der Waals surface area (Å²) in [5.74, 6) is 0.542. The van der Waals surface area contributed by atoms with E-state index in [1.807, 2.05) is 12.1 Å². The number of nitrogens with one attached hydrogen (secondary N) is 2. The molecule has 0 unspecified atom stereocenters. The SMILES string of the molecule is CCCNc1ccc(Cl)cc1C(=O)NC(C)(C)C1CC1. The molecule has 20 heavy (non-hydrogen) atoms. The highest BCUT2D eigenvalue weighted by Crippen LogP contribution is 2.39. The van der Waals surface area contributed by atoms with E-state index in [2.05, 4.69) is 31.4 Å². The summed E-state index contributed by atoms with van der Waals surface area (Å²) in [6, 6.07) is 5.41. The first-order valence-corrected chi connectivity index (χ1v) is 7.67. The molecule has 4 heteroatoms. The standard InChI is InChI=1S/C16H23ClN2O/c1-4-9-18-14-8-7-12(17)10-13(14)15(20)19-16(2,3)11-5-6-11/h7-8,10-11,18H,4-6,9H2,1-3H3,(H,19,20). The van der Waals surface area contributed by atoms with Gasteiger partial charge in [0.05, 0.1) is 5.56 Å². The molecule has 2 rings (SSSR count). The third-order valence-electron chi connectivity index (χ3n) is 3.83. The third-order valence-corrected chi connectivity index (χ3v) is 4.06. The van der Waals surface area contributed by atoms with Crippen molar-refractivity contribution in [1.82, 2.24) is 5.32 Å². The van der Waals surface area contributed by atoms with Crippen LogP contribution in [0.4, 0.5) is 5.69 Å². The molecule has 1 aromatic rings. The molecule has 1 saturated carbocycles. The Balaban J connectivity index is 2.16. The lowest BCUT2D eigenvalue weighted by Gasteiger charge is -2.26. The van der Waals surface area contributed by atoms with E-state index in [1.165, 1.54) is 12.8 Å². The highest BCUT2D eigenvalue weighted by Gasteiger charge is 2.39. The summed E-state index contributed by atoms with van der Waals surface area (Å²) in [6.45, 7) is 7.12. The van der Waals surface area contributed by atoms with Crippen molar-refractivity contribution in [2.45, 2.75) is 45.6 Å². The number of benzene rings is 1. The zero-order valence-electron chi connectivity index (χ0n) is 12.4. The van der Waals surface area contributed by atoms with Gasteiger partial charge in [-0.2, -0.15) is 0 Å². The van der Waals surface area contributed by atoms with Crippen LogP contribution in [-0.2, 0) is 0 Å². The molecule has 0 aromatic heterocycles. The Morgan fingerprint density at radius 2 is 2.10 bits per heavy atom. The maximum absolute atomic E-state index is 12.5. The first-order chi connectivity index (χ1) is 9.44. The monoisotopic (exact) mass is 294 g/mol. The Morgan fingerprint density at radius 3 is 2.70 bits per heavy atom. The zero-order valence-corrected chi connectivity index (χ0v) is 13.2. The molecule has 0 atom stereocenters. The summed E-state index contributed by atoms with van der Waals surface area (Å²) in [4.78, 5) is 12.5. The fourth-order valence-corrected chi connectivity index (χ4v) is 2.56. The Hall–Kier alpha value is -1.22. The Kier molecular flexibility index (Phi) is 4.59. The van der Waals surface area contributed by atoms with Gasteiger partial charge in [0.2, 0.25) is 0 Å². The van der Waals surface area contributed by atoms with E-state index < -0.39 is 0 Å². The lowest BCUT2D eigenvalue weighted by Crippen LogP contribution is -2.45. The van der Waals surface area contributed by atoms with Gasteiger partial charge >= 0.3 is 0 Å². The van der Waals surface area contributed by atoms with Gasteiger partial charge in [0.1, 0.15) is 0 Å². The zero-order chi connectivity index (χ0) is 14.8. The minimum absolute atomic E-state index is 0.0528. The quantitative estimate of drug-likeness (QED) is 0.830. The van der Waals surface area contributed by atoms with Crippen LogP contribution in [0.2, 0.25) is 5.02 Å². The second-order valence-electron chi connectivity index (χ2n) is 6.07. The summed E-state index contributed by atoms with van der Waals surface area (Å²) in [7, 11) is 0. The van der Waals surface area contributed by atoms with Gasteiger partial charge in [-0.1, -0.05) is 18.5 Å². The molecule has 0 saturated heterocycles. The molecule has 1 fully saturated rings. The van der Waals surface area contributed by atoms with Crippen LogP contribution in [0, 0.1) is 5.92 Å². The average molecular weight is 295 g/mol. The van der Waals surface area contributed by atoms with Crippen LogP contribution in [0.15, 0.2) is 18.2 Å². The van der Waals surface area contributed by atoms with E-state index >= 15 is 0 Å². The Morgan fingerprint density at radius 1 is 1.40 bits per heavy atom. The Labute approximate surface area is 126 Å². The lowest BCUT2D eigenvalue weighted by molar-refractivity contribution is 0.0904. The van der Waals surface area contributed by atoms with Gasteiger partial charge in [0.15, 0.2) is 0 Å². The minimum atomic E-state index is -0.151. The molecular formula is C16H23ClN2O. The predicted octanol–water partition coefficient (Wildman–Crippen LogP) is 4.08. The number of carbonyl (C=O) groups is 1. The van der Waals surface area contributed by atoms with Crippen molar-refractivity contribution in [3.8, 4) is 0 Å². The molecular weight excluding hydrogens is 272 g/mol. The summed E-state index contributed by atoms with van der Waals surface area (Å²) in [5, 5.41) is 7.01. The molecule has 0 aliphatic heterocycles. The summed E-state index contributed by atoms with van der Waals surface area (Å²) in [6.07, 6.45) is 3.41. The molecule has 2 N–H and O–H groups in total. The number of anilines is 1. The third kappa shape index (κ3) is 3.66. The normalized spacial score (nSPS) is 15.0.